The molecule has 0 radical (unpaired) electrons. The Morgan fingerprint density at radius 2 is 2.11 bits per heavy atom. The highest BCUT2D eigenvalue weighted by Gasteiger charge is 2.10. The van der Waals surface area contributed by atoms with Gasteiger partial charge in [0, 0.05) is 17.7 Å². The Labute approximate surface area is 102 Å². The van der Waals surface area contributed by atoms with Crippen molar-refractivity contribution in [2.75, 3.05) is 5.73 Å². The molecular formula is C11H9N5O2. The maximum atomic E-state index is 10.5. The summed E-state index contributed by atoms with van der Waals surface area (Å²) in [6.45, 7) is 0. The number of nitrogens with zero attached hydrogens (tertiary/aromatic N) is 4. The minimum atomic E-state index is -0.475. The van der Waals surface area contributed by atoms with Gasteiger partial charge in [-0.05, 0) is 12.1 Å². The van der Waals surface area contributed by atoms with Crippen LogP contribution in [-0.4, -0.2) is 14.7 Å². The van der Waals surface area contributed by atoms with E-state index in [-0.39, 0.29) is 12.1 Å². The predicted molar refractivity (Wildman–Crippen MR) is 63.9 cm³/mol. The van der Waals surface area contributed by atoms with Crippen molar-refractivity contribution in [2.45, 2.75) is 6.42 Å². The second-order valence-electron chi connectivity index (χ2n) is 3.58. The molecule has 7 heteroatoms. The van der Waals surface area contributed by atoms with E-state index in [1.54, 1.807) is 12.1 Å². The Kier molecular flexibility index (Phi) is 2.93. The molecule has 2 rings (SSSR count). The first-order valence-corrected chi connectivity index (χ1v) is 5.07. The number of nitrogen functional groups attached to an aromatic ring is 1. The van der Waals surface area contributed by atoms with E-state index in [0.29, 0.717) is 17.1 Å². The molecule has 1 heterocycles. The van der Waals surface area contributed by atoms with E-state index in [1.807, 2.05) is 6.07 Å². The Balaban J connectivity index is 2.37. The van der Waals surface area contributed by atoms with Gasteiger partial charge in [0.25, 0.3) is 5.69 Å². The summed E-state index contributed by atoms with van der Waals surface area (Å²) >= 11 is 0. The summed E-state index contributed by atoms with van der Waals surface area (Å²) in [7, 11) is 0. The second kappa shape index (κ2) is 4.55. The molecule has 0 unspecified atom stereocenters. The summed E-state index contributed by atoms with van der Waals surface area (Å²) in [6, 6.07) is 7.85. The Hall–Kier alpha value is -2.88. The molecule has 0 saturated carbocycles. The Morgan fingerprint density at radius 1 is 1.44 bits per heavy atom. The summed E-state index contributed by atoms with van der Waals surface area (Å²) in [6.07, 6.45) is 1.69. The lowest BCUT2D eigenvalue weighted by atomic mass is 10.2. The van der Waals surface area contributed by atoms with Crippen molar-refractivity contribution in [1.82, 2.24) is 9.78 Å². The average molecular weight is 243 g/mol. The van der Waals surface area contributed by atoms with E-state index >= 15 is 0 Å². The summed E-state index contributed by atoms with van der Waals surface area (Å²) in [4.78, 5) is 10.1. The lowest BCUT2D eigenvalue weighted by Crippen LogP contribution is -2.03. The van der Waals surface area contributed by atoms with Gasteiger partial charge in [-0.1, -0.05) is 0 Å². The van der Waals surface area contributed by atoms with E-state index in [9.17, 15) is 10.1 Å². The summed E-state index contributed by atoms with van der Waals surface area (Å²) < 4.78 is 1.44. The molecule has 0 fully saturated rings. The zero-order valence-electron chi connectivity index (χ0n) is 9.28. The van der Waals surface area contributed by atoms with Crippen LogP contribution in [0.15, 0.2) is 30.5 Å². The van der Waals surface area contributed by atoms with Crippen molar-refractivity contribution in [3.63, 3.8) is 0 Å². The third-order valence-electron chi connectivity index (χ3n) is 2.46. The molecule has 0 bridgehead atoms. The van der Waals surface area contributed by atoms with Crippen LogP contribution in [-0.2, 0) is 6.42 Å². The van der Waals surface area contributed by atoms with Gasteiger partial charge in [0.1, 0.15) is 5.82 Å². The largest absolute Gasteiger partial charge is 0.383 e. The van der Waals surface area contributed by atoms with E-state index < -0.39 is 4.92 Å². The Bertz CT molecular complexity index is 624. The van der Waals surface area contributed by atoms with Crippen molar-refractivity contribution in [3.8, 4) is 11.8 Å². The number of rotatable bonds is 3. The lowest BCUT2D eigenvalue weighted by Gasteiger charge is -2.03. The van der Waals surface area contributed by atoms with Crippen LogP contribution < -0.4 is 5.73 Å². The number of nitro groups is 1. The molecule has 90 valence electrons. The van der Waals surface area contributed by atoms with Crippen LogP contribution in [0, 0.1) is 21.4 Å². The van der Waals surface area contributed by atoms with Crippen molar-refractivity contribution < 1.29 is 4.92 Å². The number of nitro benzene ring substituents is 1. The van der Waals surface area contributed by atoms with Crippen LogP contribution in [0.3, 0.4) is 0 Å². The first-order chi connectivity index (χ1) is 8.63. The standard InChI is InChI=1S/C11H9N5O2/c12-6-5-8-7-14-15(11(8)13)9-1-3-10(4-2-9)16(17)18/h1-4,7H,5,13H2. The van der Waals surface area contributed by atoms with Gasteiger partial charge < -0.3 is 5.73 Å². The number of non-ortho nitro benzene ring substituents is 1. The van der Waals surface area contributed by atoms with Crippen LogP contribution in [0.1, 0.15) is 5.56 Å². The number of anilines is 1. The molecule has 0 aliphatic heterocycles. The third-order valence-corrected chi connectivity index (χ3v) is 2.46. The fraction of sp³-hybridized carbons (Fsp3) is 0.0909. The second-order valence-corrected chi connectivity index (χ2v) is 3.58. The van der Waals surface area contributed by atoms with E-state index in [2.05, 4.69) is 5.10 Å². The zero-order valence-corrected chi connectivity index (χ0v) is 9.28. The van der Waals surface area contributed by atoms with Crippen molar-refractivity contribution in [1.29, 1.82) is 5.26 Å². The molecule has 0 amide bonds. The highest BCUT2D eigenvalue weighted by molar-refractivity contribution is 5.49. The minimum Gasteiger partial charge on any atom is -0.383 e. The maximum absolute atomic E-state index is 10.5. The van der Waals surface area contributed by atoms with Gasteiger partial charge in [0.2, 0.25) is 0 Å². The number of benzene rings is 1. The topological polar surface area (TPSA) is 111 Å². The quantitative estimate of drug-likeness (QED) is 0.647. The first-order valence-electron chi connectivity index (χ1n) is 5.07. The molecule has 0 spiro atoms. The smallest absolute Gasteiger partial charge is 0.269 e. The molecule has 0 atom stereocenters. The van der Waals surface area contributed by atoms with Crippen LogP contribution in [0.5, 0.6) is 0 Å². The summed E-state index contributed by atoms with van der Waals surface area (Å²) in [5, 5.41) is 23.2. The molecule has 0 aliphatic rings. The highest BCUT2D eigenvalue weighted by Crippen LogP contribution is 2.19. The fourth-order valence-corrected chi connectivity index (χ4v) is 1.53. The summed E-state index contributed by atoms with van der Waals surface area (Å²) in [5.74, 6) is 0.366. The van der Waals surface area contributed by atoms with Crippen molar-refractivity contribution in [2.24, 2.45) is 0 Å². The number of hydrogen-bond donors (Lipinski definition) is 1. The van der Waals surface area contributed by atoms with Gasteiger partial charge in [-0.3, -0.25) is 10.1 Å². The number of nitriles is 1. The van der Waals surface area contributed by atoms with Gasteiger partial charge in [0.15, 0.2) is 0 Å². The number of aromatic nitrogens is 2. The maximum Gasteiger partial charge on any atom is 0.269 e. The van der Waals surface area contributed by atoms with Gasteiger partial charge in [-0.2, -0.15) is 10.4 Å². The van der Waals surface area contributed by atoms with Crippen LogP contribution in [0.25, 0.3) is 5.69 Å². The molecule has 0 saturated heterocycles. The minimum absolute atomic E-state index is 0.00160. The van der Waals surface area contributed by atoms with E-state index in [4.69, 9.17) is 11.0 Å². The molecule has 7 nitrogen and oxygen atoms in total. The molecule has 2 aromatic rings. The normalized spacial score (nSPS) is 9.94. The SMILES string of the molecule is N#CCc1cnn(-c2ccc([N+](=O)[O-])cc2)c1N. The third kappa shape index (κ3) is 1.99. The molecule has 2 N–H and O–H groups in total. The number of nitrogens with two attached hydrogens (primary N) is 1. The molecule has 0 aliphatic carbocycles. The zero-order chi connectivity index (χ0) is 13.1. The molecule has 1 aromatic heterocycles. The predicted octanol–water partition coefficient (Wildman–Crippen LogP) is 1.43. The van der Waals surface area contributed by atoms with E-state index in [0.717, 1.165) is 0 Å². The average Bonchev–Trinajstić information content (AvgIpc) is 2.72. The van der Waals surface area contributed by atoms with Gasteiger partial charge in [-0.15, -0.1) is 0 Å². The first kappa shape index (κ1) is 11.6. The van der Waals surface area contributed by atoms with Gasteiger partial charge in [0.05, 0.1) is 29.3 Å². The van der Waals surface area contributed by atoms with Crippen molar-refractivity contribution >= 4 is 11.5 Å². The van der Waals surface area contributed by atoms with E-state index in [1.165, 1.54) is 23.0 Å². The van der Waals surface area contributed by atoms with Crippen LogP contribution in [0.2, 0.25) is 0 Å². The monoisotopic (exact) mass is 243 g/mol. The van der Waals surface area contributed by atoms with Gasteiger partial charge in [-0.25, -0.2) is 4.68 Å². The fourth-order valence-electron chi connectivity index (χ4n) is 1.53. The van der Waals surface area contributed by atoms with Crippen LogP contribution >= 0.6 is 0 Å². The Morgan fingerprint density at radius 3 is 2.67 bits per heavy atom. The van der Waals surface area contributed by atoms with Gasteiger partial charge >= 0.3 is 0 Å². The molecular weight excluding hydrogens is 234 g/mol. The highest BCUT2D eigenvalue weighted by atomic mass is 16.6. The molecule has 1 aromatic carbocycles. The van der Waals surface area contributed by atoms with Crippen LogP contribution in [0.4, 0.5) is 11.5 Å². The van der Waals surface area contributed by atoms with Crippen molar-refractivity contribution in [3.05, 3.63) is 46.1 Å². The lowest BCUT2D eigenvalue weighted by molar-refractivity contribution is -0.384. The molecule has 18 heavy (non-hydrogen) atoms. The summed E-state index contributed by atoms with van der Waals surface area (Å²) in [5.41, 5.74) is 7.08. The number of hydrogen-bond acceptors (Lipinski definition) is 5.